The smallest absolute Gasteiger partial charge is 0.236 e. The van der Waals surface area contributed by atoms with E-state index in [4.69, 9.17) is 0 Å². The maximum atomic E-state index is 11.8. The summed E-state index contributed by atoms with van der Waals surface area (Å²) < 4.78 is 0. The molecule has 1 aliphatic heterocycles. The number of amides is 1. The Morgan fingerprint density at radius 2 is 2.07 bits per heavy atom. The van der Waals surface area contributed by atoms with Gasteiger partial charge < -0.3 is 10.2 Å². The molecule has 0 bridgehead atoms. The summed E-state index contributed by atoms with van der Waals surface area (Å²) in [5.74, 6) is 0.220. The van der Waals surface area contributed by atoms with Crippen LogP contribution in [0.25, 0.3) is 0 Å². The van der Waals surface area contributed by atoms with Crippen LogP contribution in [0.2, 0.25) is 0 Å². The molecular formula is C11H23N3O. The van der Waals surface area contributed by atoms with E-state index in [1.165, 1.54) is 0 Å². The van der Waals surface area contributed by atoms with E-state index in [0.717, 1.165) is 26.2 Å². The van der Waals surface area contributed by atoms with Gasteiger partial charge in [0.1, 0.15) is 0 Å². The van der Waals surface area contributed by atoms with Crippen molar-refractivity contribution in [2.24, 2.45) is 0 Å². The van der Waals surface area contributed by atoms with Crippen molar-refractivity contribution in [2.45, 2.75) is 26.3 Å². The molecule has 1 aliphatic rings. The van der Waals surface area contributed by atoms with Gasteiger partial charge in [-0.15, -0.1) is 0 Å². The van der Waals surface area contributed by atoms with Crippen LogP contribution < -0.4 is 5.32 Å². The highest BCUT2D eigenvalue weighted by atomic mass is 16.2. The van der Waals surface area contributed by atoms with Crippen LogP contribution >= 0.6 is 0 Å². The van der Waals surface area contributed by atoms with Crippen LogP contribution in [-0.2, 0) is 4.79 Å². The summed E-state index contributed by atoms with van der Waals surface area (Å²) in [5, 5.41) is 3.08. The molecule has 1 N–H and O–H groups in total. The maximum absolute atomic E-state index is 11.8. The molecule has 0 unspecified atom stereocenters. The topological polar surface area (TPSA) is 35.6 Å². The Bertz CT molecular complexity index is 228. The van der Waals surface area contributed by atoms with Gasteiger partial charge >= 0.3 is 0 Å². The second kappa shape index (κ2) is 4.94. The first-order chi connectivity index (χ1) is 6.97. The molecule has 0 aromatic carbocycles. The number of likely N-dealkylation sites (N-methyl/N-ethyl adjacent to an activating group) is 2. The molecule has 0 saturated carbocycles. The number of rotatable bonds is 3. The van der Waals surface area contributed by atoms with Crippen molar-refractivity contribution in [1.82, 2.24) is 15.1 Å². The quantitative estimate of drug-likeness (QED) is 0.725. The number of piperazine rings is 1. The predicted octanol–water partition coefficient (Wildman–Crippen LogP) is 0.149. The van der Waals surface area contributed by atoms with Gasteiger partial charge in [0.15, 0.2) is 0 Å². The van der Waals surface area contributed by atoms with Crippen LogP contribution in [0, 0.1) is 0 Å². The summed E-state index contributed by atoms with van der Waals surface area (Å²) in [4.78, 5) is 16.1. The van der Waals surface area contributed by atoms with E-state index >= 15 is 0 Å². The van der Waals surface area contributed by atoms with E-state index in [-0.39, 0.29) is 11.4 Å². The molecule has 0 aromatic rings. The minimum Gasteiger partial charge on any atom is -0.338 e. The zero-order valence-electron chi connectivity index (χ0n) is 10.3. The van der Waals surface area contributed by atoms with Gasteiger partial charge in [0.25, 0.3) is 0 Å². The molecule has 0 aromatic heterocycles. The van der Waals surface area contributed by atoms with Gasteiger partial charge in [-0.2, -0.15) is 0 Å². The van der Waals surface area contributed by atoms with Gasteiger partial charge in [-0.05, 0) is 27.4 Å². The summed E-state index contributed by atoms with van der Waals surface area (Å²) in [6.07, 6.45) is 0. The number of hydrogen-bond donors (Lipinski definition) is 1. The SMILES string of the molecule is CCNCC(=O)N1CCN(C)C(C)(C)C1. The average molecular weight is 213 g/mol. The average Bonchev–Trinajstić information content (AvgIpc) is 2.18. The lowest BCUT2D eigenvalue weighted by molar-refractivity contribution is -0.134. The Kier molecular flexibility index (Phi) is 4.11. The van der Waals surface area contributed by atoms with Crippen molar-refractivity contribution < 1.29 is 4.79 Å². The van der Waals surface area contributed by atoms with Crippen molar-refractivity contribution in [3.05, 3.63) is 0 Å². The highest BCUT2D eigenvalue weighted by Crippen LogP contribution is 2.18. The van der Waals surface area contributed by atoms with Crippen molar-refractivity contribution in [2.75, 3.05) is 39.8 Å². The lowest BCUT2D eigenvalue weighted by Crippen LogP contribution is -2.59. The summed E-state index contributed by atoms with van der Waals surface area (Å²) in [6.45, 7) is 10.3. The van der Waals surface area contributed by atoms with Crippen LogP contribution in [0.3, 0.4) is 0 Å². The normalized spacial score (nSPS) is 21.7. The molecule has 0 aliphatic carbocycles. The Balaban J connectivity index is 2.48. The molecule has 4 nitrogen and oxygen atoms in total. The minimum absolute atomic E-state index is 0.0973. The summed E-state index contributed by atoms with van der Waals surface area (Å²) in [7, 11) is 2.12. The third kappa shape index (κ3) is 3.18. The standard InChI is InChI=1S/C11H23N3O/c1-5-12-8-10(15)14-7-6-13(4)11(2,3)9-14/h12H,5-9H2,1-4H3. The van der Waals surface area contributed by atoms with Gasteiger partial charge in [-0.3, -0.25) is 9.69 Å². The van der Waals surface area contributed by atoms with Crippen molar-refractivity contribution in [3.63, 3.8) is 0 Å². The third-order valence-electron chi connectivity index (χ3n) is 3.20. The van der Waals surface area contributed by atoms with Gasteiger partial charge in [0, 0.05) is 25.2 Å². The monoisotopic (exact) mass is 213 g/mol. The van der Waals surface area contributed by atoms with Crippen LogP contribution in [0.5, 0.6) is 0 Å². The first kappa shape index (κ1) is 12.5. The van der Waals surface area contributed by atoms with Crippen LogP contribution in [-0.4, -0.2) is 61.0 Å². The number of nitrogens with one attached hydrogen (secondary N) is 1. The molecule has 15 heavy (non-hydrogen) atoms. The molecule has 1 fully saturated rings. The van der Waals surface area contributed by atoms with E-state index in [1.807, 2.05) is 11.8 Å². The number of nitrogens with zero attached hydrogens (tertiary/aromatic N) is 2. The Labute approximate surface area is 92.6 Å². The largest absolute Gasteiger partial charge is 0.338 e. The van der Waals surface area contributed by atoms with Crippen molar-refractivity contribution >= 4 is 5.91 Å². The van der Waals surface area contributed by atoms with Gasteiger partial charge in [0.2, 0.25) is 5.91 Å². The fourth-order valence-corrected chi connectivity index (χ4v) is 1.80. The van der Waals surface area contributed by atoms with Crippen LogP contribution in [0.1, 0.15) is 20.8 Å². The number of carbonyl (C=O) groups excluding carboxylic acids is 1. The van der Waals surface area contributed by atoms with Crippen molar-refractivity contribution in [3.8, 4) is 0 Å². The molecule has 1 rings (SSSR count). The van der Waals surface area contributed by atoms with Gasteiger partial charge in [0.05, 0.1) is 6.54 Å². The highest BCUT2D eigenvalue weighted by molar-refractivity contribution is 5.78. The molecule has 0 spiro atoms. The zero-order chi connectivity index (χ0) is 11.5. The second-order valence-electron chi connectivity index (χ2n) is 4.83. The van der Waals surface area contributed by atoms with E-state index < -0.39 is 0 Å². The highest BCUT2D eigenvalue weighted by Gasteiger charge is 2.32. The molecule has 1 saturated heterocycles. The van der Waals surface area contributed by atoms with E-state index in [9.17, 15) is 4.79 Å². The first-order valence-corrected chi connectivity index (χ1v) is 5.67. The lowest BCUT2D eigenvalue weighted by Gasteiger charge is -2.45. The molecule has 88 valence electrons. The fourth-order valence-electron chi connectivity index (χ4n) is 1.80. The molecule has 1 heterocycles. The predicted molar refractivity (Wildman–Crippen MR) is 61.8 cm³/mol. The fraction of sp³-hybridized carbons (Fsp3) is 0.909. The third-order valence-corrected chi connectivity index (χ3v) is 3.20. The molecule has 0 atom stereocenters. The van der Waals surface area contributed by atoms with E-state index in [2.05, 4.69) is 31.1 Å². The molecule has 1 amide bonds. The van der Waals surface area contributed by atoms with E-state index in [1.54, 1.807) is 0 Å². The maximum Gasteiger partial charge on any atom is 0.236 e. The number of carbonyl (C=O) groups is 1. The zero-order valence-corrected chi connectivity index (χ0v) is 10.3. The van der Waals surface area contributed by atoms with Crippen molar-refractivity contribution in [1.29, 1.82) is 0 Å². The van der Waals surface area contributed by atoms with Gasteiger partial charge in [-0.25, -0.2) is 0 Å². The molecule has 0 radical (unpaired) electrons. The Morgan fingerprint density at radius 3 is 2.60 bits per heavy atom. The second-order valence-corrected chi connectivity index (χ2v) is 4.83. The molecule has 4 heteroatoms. The van der Waals surface area contributed by atoms with Crippen LogP contribution in [0.4, 0.5) is 0 Å². The number of hydrogen-bond acceptors (Lipinski definition) is 3. The lowest BCUT2D eigenvalue weighted by atomic mass is 10.00. The van der Waals surface area contributed by atoms with Gasteiger partial charge in [-0.1, -0.05) is 6.92 Å². The summed E-state index contributed by atoms with van der Waals surface area (Å²) >= 11 is 0. The summed E-state index contributed by atoms with van der Waals surface area (Å²) in [6, 6.07) is 0. The minimum atomic E-state index is 0.0973. The van der Waals surface area contributed by atoms with E-state index in [0.29, 0.717) is 6.54 Å². The first-order valence-electron chi connectivity index (χ1n) is 5.67. The van der Waals surface area contributed by atoms with Crippen LogP contribution in [0.15, 0.2) is 0 Å². The summed E-state index contributed by atoms with van der Waals surface area (Å²) in [5.41, 5.74) is 0.0973. The Morgan fingerprint density at radius 1 is 1.40 bits per heavy atom. The Hall–Kier alpha value is -0.610. The molecular weight excluding hydrogens is 190 g/mol.